The maximum atomic E-state index is 12.4. The van der Waals surface area contributed by atoms with Crippen LogP contribution < -0.4 is 0 Å². The van der Waals surface area contributed by atoms with Crippen LogP contribution in [0.25, 0.3) is 0 Å². The number of hydrogen-bond donors (Lipinski definition) is 1. The van der Waals surface area contributed by atoms with Crippen molar-refractivity contribution in [2.75, 3.05) is 13.7 Å². The molecule has 18 heavy (non-hydrogen) atoms. The van der Waals surface area contributed by atoms with Crippen LogP contribution in [-0.4, -0.2) is 37.5 Å². The lowest BCUT2D eigenvalue weighted by molar-refractivity contribution is 0.350. The van der Waals surface area contributed by atoms with Gasteiger partial charge in [0, 0.05) is 18.7 Å². The molecular formula is C13H15NO3S. The average Bonchev–Trinajstić information content (AvgIpc) is 3.20. The third kappa shape index (κ3) is 2.56. The Morgan fingerprint density at radius 1 is 1.39 bits per heavy atom. The van der Waals surface area contributed by atoms with Crippen molar-refractivity contribution in [2.45, 2.75) is 23.8 Å². The first kappa shape index (κ1) is 13.1. The highest BCUT2D eigenvalue weighted by Gasteiger charge is 2.35. The molecule has 0 unspecified atom stereocenters. The Kier molecular flexibility index (Phi) is 3.71. The summed E-state index contributed by atoms with van der Waals surface area (Å²) in [5.74, 6) is 5.16. The molecule has 0 aliphatic heterocycles. The molecule has 1 saturated carbocycles. The van der Waals surface area contributed by atoms with Gasteiger partial charge in [0.15, 0.2) is 0 Å². The van der Waals surface area contributed by atoms with Crippen molar-refractivity contribution < 1.29 is 13.5 Å². The van der Waals surface area contributed by atoms with E-state index in [4.69, 9.17) is 5.11 Å². The Morgan fingerprint density at radius 2 is 2.06 bits per heavy atom. The predicted molar refractivity (Wildman–Crippen MR) is 68.4 cm³/mol. The van der Waals surface area contributed by atoms with E-state index in [0.29, 0.717) is 5.56 Å². The summed E-state index contributed by atoms with van der Waals surface area (Å²) in [6.45, 7) is -0.285. The third-order valence-corrected chi connectivity index (χ3v) is 4.88. The summed E-state index contributed by atoms with van der Waals surface area (Å²) in [5.41, 5.74) is 0.430. The van der Waals surface area contributed by atoms with Crippen LogP contribution in [0.15, 0.2) is 29.2 Å². The number of hydrogen-bond acceptors (Lipinski definition) is 3. The summed E-state index contributed by atoms with van der Waals surface area (Å²) >= 11 is 0. The summed E-state index contributed by atoms with van der Waals surface area (Å²) in [5, 5.41) is 8.70. The van der Waals surface area contributed by atoms with Crippen molar-refractivity contribution in [1.29, 1.82) is 0 Å². The predicted octanol–water partition coefficient (Wildman–Crippen LogP) is 0.813. The van der Waals surface area contributed by atoms with Crippen molar-refractivity contribution in [2.24, 2.45) is 0 Å². The molecule has 0 heterocycles. The van der Waals surface area contributed by atoms with Gasteiger partial charge >= 0.3 is 0 Å². The summed E-state index contributed by atoms with van der Waals surface area (Å²) in [7, 11) is -1.89. The molecule has 1 aromatic carbocycles. The molecule has 0 atom stereocenters. The SMILES string of the molecule is CN(C1CC1)S(=O)(=O)c1ccccc1C#CCO. The first-order valence-electron chi connectivity index (χ1n) is 5.74. The van der Waals surface area contributed by atoms with Crippen LogP contribution >= 0.6 is 0 Å². The summed E-state index contributed by atoms with van der Waals surface area (Å²) < 4.78 is 26.2. The summed E-state index contributed by atoms with van der Waals surface area (Å²) in [6.07, 6.45) is 1.83. The van der Waals surface area contributed by atoms with E-state index in [0.717, 1.165) is 12.8 Å². The molecule has 96 valence electrons. The highest BCUT2D eigenvalue weighted by molar-refractivity contribution is 7.89. The summed E-state index contributed by atoms with van der Waals surface area (Å²) in [4.78, 5) is 0.209. The lowest BCUT2D eigenvalue weighted by Crippen LogP contribution is -2.29. The fraction of sp³-hybridized carbons (Fsp3) is 0.385. The number of aliphatic hydroxyl groups excluding tert-OH is 1. The van der Waals surface area contributed by atoms with E-state index in [1.807, 2.05) is 0 Å². The van der Waals surface area contributed by atoms with E-state index in [-0.39, 0.29) is 17.5 Å². The number of rotatable bonds is 3. The number of benzene rings is 1. The van der Waals surface area contributed by atoms with Gasteiger partial charge in [0.25, 0.3) is 0 Å². The molecule has 2 rings (SSSR count). The van der Waals surface area contributed by atoms with Crippen LogP contribution in [0.2, 0.25) is 0 Å². The molecule has 1 aliphatic carbocycles. The second kappa shape index (κ2) is 5.11. The monoisotopic (exact) mass is 265 g/mol. The van der Waals surface area contributed by atoms with E-state index in [1.54, 1.807) is 31.3 Å². The summed E-state index contributed by atoms with van der Waals surface area (Å²) in [6, 6.07) is 6.73. The normalized spacial score (nSPS) is 15.3. The fourth-order valence-corrected chi connectivity index (χ4v) is 3.28. The van der Waals surface area contributed by atoms with E-state index >= 15 is 0 Å². The molecular weight excluding hydrogens is 250 g/mol. The highest BCUT2D eigenvalue weighted by atomic mass is 32.2. The second-order valence-corrected chi connectivity index (χ2v) is 6.17. The van der Waals surface area contributed by atoms with Gasteiger partial charge in [-0.3, -0.25) is 0 Å². The molecule has 1 fully saturated rings. The standard InChI is InChI=1S/C13H15NO3S/c1-14(12-8-9-12)18(16,17)13-7-3-2-5-11(13)6-4-10-15/h2-3,5,7,12,15H,8-10H2,1H3. The molecule has 1 aliphatic rings. The number of sulfonamides is 1. The molecule has 0 spiro atoms. The Hall–Kier alpha value is -1.35. The van der Waals surface area contributed by atoms with E-state index in [1.165, 1.54) is 4.31 Å². The van der Waals surface area contributed by atoms with Gasteiger partial charge in [-0.1, -0.05) is 24.0 Å². The number of aliphatic hydroxyl groups is 1. The van der Waals surface area contributed by atoms with Gasteiger partial charge in [0.1, 0.15) is 6.61 Å². The Morgan fingerprint density at radius 3 is 2.67 bits per heavy atom. The first-order chi connectivity index (χ1) is 8.57. The fourth-order valence-electron chi connectivity index (χ4n) is 1.72. The number of nitrogens with zero attached hydrogens (tertiary/aromatic N) is 1. The van der Waals surface area contributed by atoms with Gasteiger partial charge in [0.05, 0.1) is 4.90 Å². The average molecular weight is 265 g/mol. The maximum Gasteiger partial charge on any atom is 0.244 e. The quantitative estimate of drug-likeness (QED) is 0.823. The first-order valence-corrected chi connectivity index (χ1v) is 7.18. The van der Waals surface area contributed by atoms with Gasteiger partial charge in [-0.2, -0.15) is 4.31 Å². The third-order valence-electron chi connectivity index (χ3n) is 2.91. The van der Waals surface area contributed by atoms with Gasteiger partial charge < -0.3 is 5.11 Å². The molecule has 0 aromatic heterocycles. The lowest BCUT2D eigenvalue weighted by atomic mass is 10.2. The van der Waals surface area contributed by atoms with E-state index < -0.39 is 10.0 Å². The molecule has 0 amide bonds. The zero-order valence-corrected chi connectivity index (χ0v) is 10.9. The Bertz CT molecular complexity index is 594. The topological polar surface area (TPSA) is 57.6 Å². The largest absolute Gasteiger partial charge is 0.384 e. The second-order valence-electron chi connectivity index (χ2n) is 4.21. The van der Waals surface area contributed by atoms with Crippen molar-refractivity contribution in [3.05, 3.63) is 29.8 Å². The smallest absolute Gasteiger partial charge is 0.244 e. The van der Waals surface area contributed by atoms with Gasteiger partial charge in [-0.05, 0) is 25.0 Å². The van der Waals surface area contributed by atoms with Crippen molar-refractivity contribution >= 4 is 10.0 Å². The molecule has 0 bridgehead atoms. The van der Waals surface area contributed by atoms with Crippen LogP contribution in [0, 0.1) is 11.8 Å². The van der Waals surface area contributed by atoms with Crippen molar-refractivity contribution in [3.8, 4) is 11.8 Å². The van der Waals surface area contributed by atoms with Gasteiger partial charge in [0.2, 0.25) is 10.0 Å². The van der Waals surface area contributed by atoms with Crippen LogP contribution in [0.4, 0.5) is 0 Å². The molecule has 1 N–H and O–H groups in total. The van der Waals surface area contributed by atoms with Crippen molar-refractivity contribution in [3.63, 3.8) is 0 Å². The lowest BCUT2D eigenvalue weighted by Gasteiger charge is -2.17. The van der Waals surface area contributed by atoms with Crippen LogP contribution in [-0.2, 0) is 10.0 Å². The van der Waals surface area contributed by atoms with Gasteiger partial charge in [-0.15, -0.1) is 0 Å². The molecule has 0 saturated heterocycles. The molecule has 1 aromatic rings. The maximum absolute atomic E-state index is 12.4. The Labute approximate surface area is 107 Å². The van der Waals surface area contributed by atoms with Crippen molar-refractivity contribution in [1.82, 2.24) is 4.31 Å². The highest BCUT2D eigenvalue weighted by Crippen LogP contribution is 2.31. The molecule has 4 nitrogen and oxygen atoms in total. The zero-order valence-electron chi connectivity index (χ0n) is 10.1. The minimum atomic E-state index is -3.49. The minimum absolute atomic E-state index is 0.119. The van der Waals surface area contributed by atoms with Crippen LogP contribution in [0.3, 0.4) is 0 Å². The van der Waals surface area contributed by atoms with Crippen LogP contribution in [0.1, 0.15) is 18.4 Å². The van der Waals surface area contributed by atoms with E-state index in [2.05, 4.69) is 11.8 Å². The van der Waals surface area contributed by atoms with Gasteiger partial charge in [-0.25, -0.2) is 8.42 Å². The molecule has 5 heteroatoms. The van der Waals surface area contributed by atoms with Crippen LogP contribution in [0.5, 0.6) is 0 Å². The zero-order chi connectivity index (χ0) is 13.2. The molecule has 0 radical (unpaired) electrons. The van der Waals surface area contributed by atoms with E-state index in [9.17, 15) is 8.42 Å². The minimum Gasteiger partial charge on any atom is -0.384 e. The Balaban J connectivity index is 2.43.